The summed E-state index contributed by atoms with van der Waals surface area (Å²) in [7, 11) is 0. The molecule has 4 heteroatoms. The zero-order valence-electron chi connectivity index (χ0n) is 13.1. The first-order valence-electron chi connectivity index (χ1n) is 7.77. The fourth-order valence-corrected chi connectivity index (χ4v) is 3.49. The van der Waals surface area contributed by atoms with Gasteiger partial charge < -0.3 is 15.2 Å². The lowest BCUT2D eigenvalue weighted by Crippen LogP contribution is -2.39. The van der Waals surface area contributed by atoms with Crippen LogP contribution >= 0.6 is 11.8 Å². The van der Waals surface area contributed by atoms with Crippen molar-refractivity contribution < 1.29 is 9.84 Å². The first kappa shape index (κ1) is 16.7. The Kier molecular flexibility index (Phi) is 6.40. The fourth-order valence-electron chi connectivity index (χ4n) is 2.77. The topological polar surface area (TPSA) is 41.5 Å². The van der Waals surface area contributed by atoms with Crippen molar-refractivity contribution in [2.45, 2.75) is 50.9 Å². The molecule has 0 aliphatic heterocycles. The number of thioether (sulfide) groups is 1. The van der Waals surface area contributed by atoms with Crippen molar-refractivity contribution in [1.29, 1.82) is 0 Å². The molecule has 0 radical (unpaired) electrons. The third-order valence-electron chi connectivity index (χ3n) is 3.79. The minimum absolute atomic E-state index is 0.399. The summed E-state index contributed by atoms with van der Waals surface area (Å²) in [5, 5.41) is 13.5. The van der Waals surface area contributed by atoms with Crippen molar-refractivity contribution in [3.8, 4) is 5.75 Å². The molecular weight excluding hydrogens is 282 g/mol. The SMILES string of the molecule is CSCC(C)(O)CNCc1cccc(OC2CCCC2)c1. The fraction of sp³-hybridized carbons (Fsp3) is 0.647. The Morgan fingerprint density at radius 2 is 2.14 bits per heavy atom. The van der Waals surface area contributed by atoms with Gasteiger partial charge in [-0.2, -0.15) is 11.8 Å². The van der Waals surface area contributed by atoms with E-state index < -0.39 is 5.60 Å². The van der Waals surface area contributed by atoms with Crippen LogP contribution in [0, 0.1) is 0 Å². The summed E-state index contributed by atoms with van der Waals surface area (Å²) < 4.78 is 6.02. The summed E-state index contributed by atoms with van der Waals surface area (Å²) in [6.45, 7) is 3.23. The summed E-state index contributed by atoms with van der Waals surface area (Å²) in [5.41, 5.74) is 0.544. The summed E-state index contributed by atoms with van der Waals surface area (Å²) in [6.07, 6.45) is 7.35. The average molecular weight is 309 g/mol. The molecule has 1 aliphatic rings. The van der Waals surface area contributed by atoms with E-state index in [4.69, 9.17) is 4.74 Å². The maximum Gasteiger partial charge on any atom is 0.120 e. The van der Waals surface area contributed by atoms with Gasteiger partial charge in [-0.25, -0.2) is 0 Å². The highest BCUT2D eigenvalue weighted by Crippen LogP contribution is 2.24. The standard InChI is InChI=1S/C17H27NO2S/c1-17(19,13-21-2)12-18-11-14-6-5-9-16(10-14)20-15-7-3-4-8-15/h5-6,9-10,15,18-19H,3-4,7-8,11-13H2,1-2H3. The molecule has 3 nitrogen and oxygen atoms in total. The number of hydrogen-bond acceptors (Lipinski definition) is 4. The molecule has 0 spiro atoms. The molecule has 21 heavy (non-hydrogen) atoms. The van der Waals surface area contributed by atoms with Gasteiger partial charge in [0.15, 0.2) is 0 Å². The Hall–Kier alpha value is -0.710. The quantitative estimate of drug-likeness (QED) is 0.774. The Morgan fingerprint density at radius 3 is 2.86 bits per heavy atom. The van der Waals surface area contributed by atoms with Crippen molar-refractivity contribution in [1.82, 2.24) is 5.32 Å². The summed E-state index contributed by atoms with van der Waals surface area (Å²) >= 11 is 1.66. The second-order valence-corrected chi connectivity index (χ2v) is 7.07. The van der Waals surface area contributed by atoms with E-state index in [1.807, 2.05) is 25.3 Å². The highest BCUT2D eigenvalue weighted by Gasteiger charge is 2.19. The number of hydrogen-bond donors (Lipinski definition) is 2. The third-order valence-corrected chi connectivity index (χ3v) is 4.70. The van der Waals surface area contributed by atoms with Gasteiger partial charge in [-0.15, -0.1) is 0 Å². The lowest BCUT2D eigenvalue weighted by Gasteiger charge is -2.22. The molecule has 1 saturated carbocycles. The minimum Gasteiger partial charge on any atom is -0.490 e. The second kappa shape index (κ2) is 8.06. The molecule has 1 aromatic rings. The third kappa shape index (κ3) is 5.89. The van der Waals surface area contributed by atoms with Crippen LogP contribution in [-0.4, -0.2) is 35.4 Å². The maximum absolute atomic E-state index is 10.1. The van der Waals surface area contributed by atoms with Crippen molar-refractivity contribution in [2.75, 3.05) is 18.6 Å². The molecule has 1 unspecified atom stereocenters. The number of benzene rings is 1. The Bertz CT molecular complexity index is 431. The monoisotopic (exact) mass is 309 g/mol. The molecule has 1 fully saturated rings. The van der Waals surface area contributed by atoms with E-state index in [0.29, 0.717) is 12.6 Å². The molecule has 0 aromatic heterocycles. The van der Waals surface area contributed by atoms with E-state index >= 15 is 0 Å². The van der Waals surface area contributed by atoms with E-state index in [1.54, 1.807) is 11.8 Å². The van der Waals surface area contributed by atoms with E-state index in [2.05, 4.69) is 17.4 Å². The number of ether oxygens (including phenoxy) is 1. The average Bonchev–Trinajstić information content (AvgIpc) is 2.92. The van der Waals surface area contributed by atoms with Crippen LogP contribution in [0.1, 0.15) is 38.2 Å². The number of aliphatic hydroxyl groups is 1. The van der Waals surface area contributed by atoms with Gasteiger partial charge in [-0.1, -0.05) is 12.1 Å². The smallest absolute Gasteiger partial charge is 0.120 e. The Morgan fingerprint density at radius 1 is 1.38 bits per heavy atom. The molecule has 2 rings (SSSR count). The lowest BCUT2D eigenvalue weighted by atomic mass is 10.1. The Labute approximate surface area is 132 Å². The first-order chi connectivity index (χ1) is 10.1. The molecule has 0 amide bonds. The van der Waals surface area contributed by atoms with E-state index in [1.165, 1.54) is 31.2 Å². The van der Waals surface area contributed by atoms with Gasteiger partial charge in [0.2, 0.25) is 0 Å². The normalized spacial score (nSPS) is 18.6. The van der Waals surface area contributed by atoms with Crippen LogP contribution in [0.2, 0.25) is 0 Å². The van der Waals surface area contributed by atoms with Gasteiger partial charge in [0.25, 0.3) is 0 Å². The first-order valence-corrected chi connectivity index (χ1v) is 9.16. The van der Waals surface area contributed by atoms with Gasteiger partial charge in [-0.05, 0) is 56.6 Å². The van der Waals surface area contributed by atoms with Crippen LogP contribution in [0.4, 0.5) is 0 Å². The van der Waals surface area contributed by atoms with Gasteiger partial charge in [-0.3, -0.25) is 0 Å². The molecule has 2 N–H and O–H groups in total. The number of nitrogens with one attached hydrogen (secondary N) is 1. The summed E-state index contributed by atoms with van der Waals surface area (Å²) in [4.78, 5) is 0. The lowest BCUT2D eigenvalue weighted by molar-refractivity contribution is 0.0846. The van der Waals surface area contributed by atoms with Crippen LogP contribution in [0.3, 0.4) is 0 Å². The maximum atomic E-state index is 10.1. The predicted molar refractivity (Wildman–Crippen MR) is 90.0 cm³/mol. The molecule has 118 valence electrons. The van der Waals surface area contributed by atoms with Crippen molar-refractivity contribution >= 4 is 11.8 Å². The molecule has 1 aromatic carbocycles. The molecule has 0 saturated heterocycles. The van der Waals surface area contributed by atoms with Crippen molar-refractivity contribution in [2.24, 2.45) is 0 Å². The molecule has 1 aliphatic carbocycles. The van der Waals surface area contributed by atoms with E-state index in [-0.39, 0.29) is 0 Å². The van der Waals surface area contributed by atoms with Crippen LogP contribution < -0.4 is 10.1 Å². The van der Waals surface area contributed by atoms with Crippen molar-refractivity contribution in [3.05, 3.63) is 29.8 Å². The van der Waals surface area contributed by atoms with E-state index in [9.17, 15) is 5.11 Å². The van der Waals surface area contributed by atoms with Gasteiger partial charge in [0, 0.05) is 18.8 Å². The highest BCUT2D eigenvalue weighted by atomic mass is 32.2. The summed E-state index contributed by atoms with van der Waals surface area (Å²) in [5.74, 6) is 1.71. The molecule has 0 bridgehead atoms. The predicted octanol–water partition coefficient (Wildman–Crippen LogP) is 3.21. The zero-order valence-corrected chi connectivity index (χ0v) is 13.9. The Balaban J connectivity index is 1.80. The minimum atomic E-state index is -0.655. The van der Waals surface area contributed by atoms with Crippen LogP contribution in [0.25, 0.3) is 0 Å². The van der Waals surface area contributed by atoms with Gasteiger partial charge in [0.1, 0.15) is 5.75 Å². The highest BCUT2D eigenvalue weighted by molar-refractivity contribution is 7.98. The van der Waals surface area contributed by atoms with Crippen molar-refractivity contribution in [3.63, 3.8) is 0 Å². The number of rotatable bonds is 8. The van der Waals surface area contributed by atoms with E-state index in [0.717, 1.165) is 18.0 Å². The van der Waals surface area contributed by atoms with Crippen LogP contribution in [0.15, 0.2) is 24.3 Å². The largest absolute Gasteiger partial charge is 0.490 e. The van der Waals surface area contributed by atoms with Gasteiger partial charge >= 0.3 is 0 Å². The molecule has 1 atom stereocenters. The second-order valence-electron chi connectivity index (χ2n) is 6.21. The van der Waals surface area contributed by atoms with Crippen LogP contribution in [-0.2, 0) is 6.54 Å². The molecular formula is C17H27NO2S. The molecule has 0 heterocycles. The van der Waals surface area contributed by atoms with Gasteiger partial charge in [0.05, 0.1) is 11.7 Å². The zero-order chi connectivity index (χ0) is 15.1. The summed E-state index contributed by atoms with van der Waals surface area (Å²) in [6, 6.07) is 8.28. The van der Waals surface area contributed by atoms with Crippen LogP contribution in [0.5, 0.6) is 5.75 Å².